The Kier molecular flexibility index (Phi) is 3.49. The zero-order valence-electron chi connectivity index (χ0n) is 8.89. The first-order chi connectivity index (χ1) is 7.31. The van der Waals surface area contributed by atoms with Crippen molar-refractivity contribution in [1.82, 2.24) is 4.98 Å². The fourth-order valence-electron chi connectivity index (χ4n) is 1.78. The first kappa shape index (κ1) is 10.8. The van der Waals surface area contributed by atoms with E-state index in [2.05, 4.69) is 16.8 Å². The summed E-state index contributed by atoms with van der Waals surface area (Å²) >= 11 is 1.99. The van der Waals surface area contributed by atoms with E-state index in [9.17, 15) is 0 Å². The van der Waals surface area contributed by atoms with Crippen molar-refractivity contribution in [3.8, 4) is 0 Å². The van der Waals surface area contributed by atoms with E-state index in [1.165, 1.54) is 0 Å². The van der Waals surface area contributed by atoms with Crippen molar-refractivity contribution in [1.29, 1.82) is 0 Å². The van der Waals surface area contributed by atoms with Crippen LogP contribution in [0.15, 0.2) is 18.3 Å². The maximum atomic E-state index is 9.08. The Morgan fingerprint density at radius 2 is 2.53 bits per heavy atom. The summed E-state index contributed by atoms with van der Waals surface area (Å²) in [4.78, 5) is 6.68. The number of nitrogens with zero attached hydrogens (tertiary/aromatic N) is 2. The van der Waals surface area contributed by atoms with Crippen LogP contribution in [0.25, 0.3) is 0 Å². The van der Waals surface area contributed by atoms with E-state index in [1.807, 2.05) is 23.9 Å². The van der Waals surface area contributed by atoms with Crippen molar-refractivity contribution in [3.05, 3.63) is 23.9 Å². The van der Waals surface area contributed by atoms with E-state index < -0.39 is 0 Å². The lowest BCUT2D eigenvalue weighted by Gasteiger charge is -2.34. The fraction of sp³-hybridized carbons (Fsp3) is 0.545. The number of aromatic nitrogens is 1. The van der Waals surface area contributed by atoms with Crippen LogP contribution in [0.3, 0.4) is 0 Å². The Balaban J connectivity index is 2.19. The van der Waals surface area contributed by atoms with E-state index in [0.29, 0.717) is 6.04 Å². The van der Waals surface area contributed by atoms with Crippen LogP contribution in [0.2, 0.25) is 0 Å². The van der Waals surface area contributed by atoms with E-state index in [1.54, 1.807) is 6.20 Å². The predicted octanol–water partition coefficient (Wildman–Crippen LogP) is 1.52. The van der Waals surface area contributed by atoms with Crippen LogP contribution in [0.5, 0.6) is 0 Å². The van der Waals surface area contributed by atoms with E-state index in [4.69, 9.17) is 5.11 Å². The summed E-state index contributed by atoms with van der Waals surface area (Å²) in [5.41, 5.74) is 0.936. The van der Waals surface area contributed by atoms with E-state index in [-0.39, 0.29) is 6.61 Å². The van der Waals surface area contributed by atoms with Crippen LogP contribution in [0, 0.1) is 0 Å². The topological polar surface area (TPSA) is 36.4 Å². The molecule has 1 aliphatic rings. The summed E-state index contributed by atoms with van der Waals surface area (Å²) in [6.07, 6.45) is 1.77. The molecule has 82 valence electrons. The smallest absolute Gasteiger partial charge is 0.129 e. The van der Waals surface area contributed by atoms with Gasteiger partial charge in [0.25, 0.3) is 0 Å². The first-order valence-corrected chi connectivity index (χ1v) is 6.37. The van der Waals surface area contributed by atoms with Crippen molar-refractivity contribution >= 4 is 17.6 Å². The van der Waals surface area contributed by atoms with Gasteiger partial charge in [-0.3, -0.25) is 0 Å². The fourth-order valence-corrected chi connectivity index (χ4v) is 2.80. The molecule has 15 heavy (non-hydrogen) atoms. The zero-order chi connectivity index (χ0) is 10.7. The molecule has 1 aliphatic heterocycles. The number of rotatable bonds is 2. The lowest BCUT2D eigenvalue weighted by Crippen LogP contribution is -2.40. The van der Waals surface area contributed by atoms with Crippen molar-refractivity contribution in [3.63, 3.8) is 0 Å². The number of aliphatic hydroxyl groups is 1. The largest absolute Gasteiger partial charge is 0.392 e. The molecule has 0 radical (unpaired) electrons. The molecule has 0 saturated carbocycles. The van der Waals surface area contributed by atoms with Gasteiger partial charge in [0.2, 0.25) is 0 Å². The van der Waals surface area contributed by atoms with Crippen molar-refractivity contribution in [2.45, 2.75) is 19.6 Å². The number of thioether (sulfide) groups is 1. The highest BCUT2D eigenvalue weighted by Gasteiger charge is 2.19. The molecule has 0 aromatic carbocycles. The molecule has 2 rings (SSSR count). The van der Waals surface area contributed by atoms with Crippen molar-refractivity contribution < 1.29 is 5.11 Å². The molecular weight excluding hydrogens is 208 g/mol. The Labute approximate surface area is 94.5 Å². The number of aliphatic hydroxyl groups excluding tert-OH is 1. The molecular formula is C11H16N2OS. The SMILES string of the molecule is CC1CSCCN1c1cc(CO)ccn1. The van der Waals surface area contributed by atoms with Crippen LogP contribution in [-0.2, 0) is 6.61 Å². The average Bonchev–Trinajstić information content (AvgIpc) is 2.30. The third-order valence-electron chi connectivity index (χ3n) is 2.65. The summed E-state index contributed by atoms with van der Waals surface area (Å²) in [5, 5.41) is 9.08. The summed E-state index contributed by atoms with van der Waals surface area (Å²) in [6.45, 7) is 3.36. The lowest BCUT2D eigenvalue weighted by molar-refractivity contribution is 0.281. The summed E-state index contributed by atoms with van der Waals surface area (Å²) in [7, 11) is 0. The highest BCUT2D eigenvalue weighted by molar-refractivity contribution is 7.99. The Bertz CT molecular complexity index is 332. The van der Waals surface area contributed by atoms with E-state index in [0.717, 1.165) is 29.4 Å². The van der Waals surface area contributed by atoms with Crippen LogP contribution < -0.4 is 4.90 Å². The Morgan fingerprint density at radius 3 is 3.27 bits per heavy atom. The van der Waals surface area contributed by atoms with Gasteiger partial charge in [-0.2, -0.15) is 11.8 Å². The van der Waals surface area contributed by atoms with Gasteiger partial charge in [0, 0.05) is 30.3 Å². The molecule has 1 aromatic rings. The summed E-state index contributed by atoms with van der Waals surface area (Å²) in [6, 6.07) is 4.37. The average molecular weight is 224 g/mol. The molecule has 0 aliphatic carbocycles. The summed E-state index contributed by atoms with van der Waals surface area (Å²) in [5.74, 6) is 3.31. The molecule has 1 aromatic heterocycles. The minimum atomic E-state index is 0.0898. The molecule has 1 N–H and O–H groups in total. The van der Waals surface area contributed by atoms with Gasteiger partial charge in [0.15, 0.2) is 0 Å². The normalized spacial score (nSPS) is 21.7. The lowest BCUT2D eigenvalue weighted by atomic mass is 10.2. The van der Waals surface area contributed by atoms with E-state index >= 15 is 0 Å². The highest BCUT2D eigenvalue weighted by Crippen LogP contribution is 2.22. The van der Waals surface area contributed by atoms with Crippen LogP contribution in [0.4, 0.5) is 5.82 Å². The third-order valence-corrected chi connectivity index (χ3v) is 3.84. The standard InChI is InChI=1S/C11H16N2OS/c1-9-8-15-5-4-13(9)11-6-10(7-14)2-3-12-11/h2-3,6,9,14H,4-5,7-8H2,1H3. The van der Waals surface area contributed by atoms with Crippen LogP contribution >= 0.6 is 11.8 Å². The number of pyridine rings is 1. The minimum absolute atomic E-state index is 0.0898. The van der Waals surface area contributed by atoms with Gasteiger partial charge < -0.3 is 10.0 Å². The van der Waals surface area contributed by atoms with Gasteiger partial charge in [0.05, 0.1) is 6.61 Å². The molecule has 2 heterocycles. The second-order valence-electron chi connectivity index (χ2n) is 3.80. The van der Waals surface area contributed by atoms with Crippen LogP contribution in [-0.4, -0.2) is 34.2 Å². The maximum absolute atomic E-state index is 9.08. The first-order valence-electron chi connectivity index (χ1n) is 5.21. The highest BCUT2D eigenvalue weighted by atomic mass is 32.2. The minimum Gasteiger partial charge on any atom is -0.392 e. The molecule has 1 fully saturated rings. The Morgan fingerprint density at radius 1 is 1.67 bits per heavy atom. The molecule has 1 saturated heterocycles. The molecule has 3 nitrogen and oxygen atoms in total. The third kappa shape index (κ3) is 2.44. The second-order valence-corrected chi connectivity index (χ2v) is 4.95. The number of hydrogen-bond donors (Lipinski definition) is 1. The van der Waals surface area contributed by atoms with Crippen molar-refractivity contribution in [2.75, 3.05) is 23.0 Å². The molecule has 1 unspecified atom stereocenters. The van der Waals surface area contributed by atoms with Gasteiger partial charge in [-0.15, -0.1) is 0 Å². The predicted molar refractivity (Wildman–Crippen MR) is 64.3 cm³/mol. The number of hydrogen-bond acceptors (Lipinski definition) is 4. The van der Waals surface area contributed by atoms with Gasteiger partial charge in [-0.05, 0) is 24.6 Å². The molecule has 0 amide bonds. The van der Waals surface area contributed by atoms with Gasteiger partial charge in [-0.1, -0.05) is 0 Å². The molecule has 0 bridgehead atoms. The Hall–Kier alpha value is -0.740. The summed E-state index contributed by atoms with van der Waals surface area (Å²) < 4.78 is 0. The molecule has 1 atom stereocenters. The molecule has 0 spiro atoms. The monoisotopic (exact) mass is 224 g/mol. The van der Waals surface area contributed by atoms with Gasteiger partial charge in [0.1, 0.15) is 5.82 Å². The van der Waals surface area contributed by atoms with Gasteiger partial charge >= 0.3 is 0 Å². The number of anilines is 1. The quantitative estimate of drug-likeness (QED) is 0.826. The maximum Gasteiger partial charge on any atom is 0.129 e. The second kappa shape index (κ2) is 4.86. The zero-order valence-corrected chi connectivity index (χ0v) is 9.70. The van der Waals surface area contributed by atoms with Crippen molar-refractivity contribution in [2.24, 2.45) is 0 Å². The van der Waals surface area contributed by atoms with Crippen LogP contribution in [0.1, 0.15) is 12.5 Å². The molecule has 4 heteroatoms. The van der Waals surface area contributed by atoms with Gasteiger partial charge in [-0.25, -0.2) is 4.98 Å².